The van der Waals surface area contributed by atoms with Crippen LogP contribution in [0.4, 0.5) is 11.6 Å². The molecule has 0 saturated heterocycles. The Bertz CT molecular complexity index is 614. The van der Waals surface area contributed by atoms with Crippen molar-refractivity contribution >= 4 is 33.5 Å². The summed E-state index contributed by atoms with van der Waals surface area (Å²) >= 11 is 3.19. The molecule has 0 radical (unpaired) electrons. The SMILES string of the molecule is O=C(Cc1ccc([N+](=O)[O-])cc1Br)Nc1nn[nH]n1. The normalized spacial score (nSPS) is 10.2. The number of H-pyrrole nitrogens is 1. The summed E-state index contributed by atoms with van der Waals surface area (Å²) in [5.41, 5.74) is 0.570. The van der Waals surface area contributed by atoms with Crippen LogP contribution in [0.15, 0.2) is 22.7 Å². The third-order valence-corrected chi connectivity index (χ3v) is 2.93. The zero-order valence-corrected chi connectivity index (χ0v) is 10.9. The summed E-state index contributed by atoms with van der Waals surface area (Å²) in [6.07, 6.45) is 0.0348. The number of non-ortho nitro benzene ring substituents is 1. The lowest BCUT2D eigenvalue weighted by molar-refractivity contribution is -0.384. The standard InChI is InChI=1S/C9H7BrN6O3/c10-7-4-6(16(18)19)2-1-5(7)3-8(17)11-9-12-14-15-13-9/h1-2,4H,3H2,(H2,11,12,13,14,15,17). The Morgan fingerprint density at radius 3 is 2.89 bits per heavy atom. The predicted molar refractivity (Wildman–Crippen MR) is 67.3 cm³/mol. The minimum Gasteiger partial charge on any atom is -0.292 e. The first-order valence-corrected chi connectivity index (χ1v) is 5.81. The van der Waals surface area contributed by atoms with E-state index < -0.39 is 4.92 Å². The van der Waals surface area contributed by atoms with E-state index in [2.05, 4.69) is 41.9 Å². The van der Waals surface area contributed by atoms with E-state index in [1.54, 1.807) is 0 Å². The molecule has 0 unspecified atom stereocenters. The number of tetrazole rings is 1. The monoisotopic (exact) mass is 326 g/mol. The van der Waals surface area contributed by atoms with Gasteiger partial charge in [0, 0.05) is 16.6 Å². The van der Waals surface area contributed by atoms with Crippen LogP contribution in [0.25, 0.3) is 0 Å². The molecule has 1 heterocycles. The van der Waals surface area contributed by atoms with E-state index in [9.17, 15) is 14.9 Å². The number of hydrogen-bond acceptors (Lipinski definition) is 6. The molecule has 19 heavy (non-hydrogen) atoms. The minimum absolute atomic E-state index is 0.0348. The van der Waals surface area contributed by atoms with E-state index >= 15 is 0 Å². The molecule has 1 amide bonds. The van der Waals surface area contributed by atoms with Gasteiger partial charge in [0.15, 0.2) is 0 Å². The van der Waals surface area contributed by atoms with E-state index in [-0.39, 0.29) is 24.0 Å². The van der Waals surface area contributed by atoms with Crippen LogP contribution in [0.2, 0.25) is 0 Å². The number of benzene rings is 1. The Hall–Kier alpha value is -2.36. The summed E-state index contributed by atoms with van der Waals surface area (Å²) in [6.45, 7) is 0. The Morgan fingerprint density at radius 1 is 1.53 bits per heavy atom. The molecule has 1 aromatic heterocycles. The average Bonchev–Trinajstić information content (AvgIpc) is 2.84. The number of carbonyl (C=O) groups is 1. The summed E-state index contributed by atoms with van der Waals surface area (Å²) in [4.78, 5) is 21.7. The lowest BCUT2D eigenvalue weighted by Gasteiger charge is -2.03. The molecule has 2 rings (SSSR count). The molecule has 0 aliphatic rings. The molecule has 0 fully saturated rings. The van der Waals surface area contributed by atoms with Crippen LogP contribution in [0, 0.1) is 10.1 Å². The summed E-state index contributed by atoms with van der Waals surface area (Å²) in [5.74, 6) is -0.279. The van der Waals surface area contributed by atoms with Crippen molar-refractivity contribution in [1.82, 2.24) is 20.6 Å². The lowest BCUT2D eigenvalue weighted by Crippen LogP contribution is -2.15. The highest BCUT2D eigenvalue weighted by Gasteiger charge is 2.12. The van der Waals surface area contributed by atoms with Gasteiger partial charge in [-0.05, 0) is 10.8 Å². The molecule has 0 spiro atoms. The van der Waals surface area contributed by atoms with Crippen molar-refractivity contribution in [3.8, 4) is 0 Å². The smallest absolute Gasteiger partial charge is 0.270 e. The van der Waals surface area contributed by atoms with Gasteiger partial charge in [-0.15, -0.1) is 5.10 Å². The van der Waals surface area contributed by atoms with E-state index in [1.165, 1.54) is 18.2 Å². The molecule has 0 bridgehead atoms. The van der Waals surface area contributed by atoms with Gasteiger partial charge >= 0.3 is 0 Å². The maximum absolute atomic E-state index is 11.7. The highest BCUT2D eigenvalue weighted by atomic mass is 79.9. The van der Waals surface area contributed by atoms with Gasteiger partial charge in [-0.2, -0.15) is 5.21 Å². The Morgan fingerprint density at radius 2 is 2.32 bits per heavy atom. The van der Waals surface area contributed by atoms with E-state index in [0.29, 0.717) is 10.0 Å². The highest BCUT2D eigenvalue weighted by Crippen LogP contribution is 2.23. The third-order valence-electron chi connectivity index (χ3n) is 2.20. The van der Waals surface area contributed by atoms with Crippen molar-refractivity contribution in [2.24, 2.45) is 0 Å². The van der Waals surface area contributed by atoms with Gasteiger partial charge in [-0.1, -0.05) is 27.1 Å². The van der Waals surface area contributed by atoms with Gasteiger partial charge in [-0.25, -0.2) is 0 Å². The fraction of sp³-hybridized carbons (Fsp3) is 0.111. The maximum Gasteiger partial charge on any atom is 0.270 e. The van der Waals surface area contributed by atoms with Crippen molar-refractivity contribution in [2.45, 2.75) is 6.42 Å². The van der Waals surface area contributed by atoms with Crippen LogP contribution in [-0.4, -0.2) is 31.5 Å². The van der Waals surface area contributed by atoms with Gasteiger partial charge in [0.05, 0.1) is 11.3 Å². The zero-order valence-electron chi connectivity index (χ0n) is 9.33. The summed E-state index contributed by atoms with van der Waals surface area (Å²) in [6, 6.07) is 4.19. The highest BCUT2D eigenvalue weighted by molar-refractivity contribution is 9.10. The fourth-order valence-electron chi connectivity index (χ4n) is 1.35. The van der Waals surface area contributed by atoms with Crippen LogP contribution >= 0.6 is 15.9 Å². The van der Waals surface area contributed by atoms with Crippen LogP contribution in [0.5, 0.6) is 0 Å². The second-order valence-corrected chi connectivity index (χ2v) is 4.35. The molecule has 2 N–H and O–H groups in total. The van der Waals surface area contributed by atoms with Gasteiger partial charge in [0.2, 0.25) is 5.91 Å². The first-order chi connectivity index (χ1) is 9.06. The number of halogens is 1. The molecule has 9 nitrogen and oxygen atoms in total. The molecule has 2 aromatic rings. The summed E-state index contributed by atoms with van der Waals surface area (Å²) in [7, 11) is 0. The molecular formula is C9H7BrN6O3. The number of nitrogens with zero attached hydrogens (tertiary/aromatic N) is 4. The Balaban J connectivity index is 2.07. The molecule has 1 aromatic carbocycles. The number of nitro groups is 1. The second kappa shape index (κ2) is 5.52. The molecule has 0 aliphatic carbocycles. The Kier molecular flexibility index (Phi) is 3.80. The van der Waals surface area contributed by atoms with Gasteiger partial charge in [0.1, 0.15) is 0 Å². The number of anilines is 1. The topological polar surface area (TPSA) is 127 Å². The number of nitro benzene ring substituents is 1. The number of nitrogens with one attached hydrogen (secondary N) is 2. The van der Waals surface area contributed by atoms with Crippen LogP contribution in [-0.2, 0) is 11.2 Å². The molecule has 10 heteroatoms. The number of hydrogen-bond donors (Lipinski definition) is 2. The quantitative estimate of drug-likeness (QED) is 0.638. The summed E-state index contributed by atoms with van der Waals surface area (Å²) < 4.78 is 0.491. The predicted octanol–water partition coefficient (Wildman–Crippen LogP) is 1.05. The van der Waals surface area contributed by atoms with Crippen LogP contribution in [0.1, 0.15) is 5.56 Å². The molecular weight excluding hydrogens is 320 g/mol. The molecule has 0 saturated carbocycles. The molecule has 0 aliphatic heterocycles. The number of aromatic nitrogens is 4. The Labute approximate surface area is 114 Å². The average molecular weight is 327 g/mol. The van der Waals surface area contributed by atoms with Crippen LogP contribution < -0.4 is 5.32 Å². The minimum atomic E-state index is -0.506. The van der Waals surface area contributed by atoms with Crippen molar-refractivity contribution in [3.63, 3.8) is 0 Å². The van der Waals surface area contributed by atoms with Crippen molar-refractivity contribution < 1.29 is 9.72 Å². The lowest BCUT2D eigenvalue weighted by atomic mass is 10.1. The van der Waals surface area contributed by atoms with Gasteiger partial charge in [0.25, 0.3) is 11.6 Å². The van der Waals surface area contributed by atoms with Crippen molar-refractivity contribution in [1.29, 1.82) is 0 Å². The summed E-state index contributed by atoms with van der Waals surface area (Å²) in [5, 5.41) is 25.7. The number of aromatic amines is 1. The van der Waals surface area contributed by atoms with E-state index in [0.717, 1.165) is 0 Å². The third kappa shape index (κ3) is 3.31. The second-order valence-electron chi connectivity index (χ2n) is 3.49. The van der Waals surface area contributed by atoms with E-state index in [4.69, 9.17) is 0 Å². The van der Waals surface area contributed by atoms with Gasteiger partial charge in [-0.3, -0.25) is 20.2 Å². The van der Waals surface area contributed by atoms with Gasteiger partial charge < -0.3 is 0 Å². The van der Waals surface area contributed by atoms with Crippen molar-refractivity contribution in [3.05, 3.63) is 38.3 Å². The van der Waals surface area contributed by atoms with Crippen molar-refractivity contribution in [2.75, 3.05) is 5.32 Å². The first-order valence-electron chi connectivity index (χ1n) is 5.02. The van der Waals surface area contributed by atoms with E-state index in [1.807, 2.05) is 0 Å². The fourth-order valence-corrected chi connectivity index (χ4v) is 1.86. The molecule has 98 valence electrons. The first kappa shape index (κ1) is 13.1. The number of carbonyl (C=O) groups excluding carboxylic acids is 1. The largest absolute Gasteiger partial charge is 0.292 e. The number of rotatable bonds is 4. The zero-order chi connectivity index (χ0) is 13.8. The van der Waals surface area contributed by atoms with Crippen LogP contribution in [0.3, 0.4) is 0 Å². The molecule has 0 atom stereocenters. The maximum atomic E-state index is 11.7. The number of amides is 1.